The highest BCUT2D eigenvalue weighted by molar-refractivity contribution is 6.30. The summed E-state index contributed by atoms with van der Waals surface area (Å²) in [5.41, 5.74) is 0. The smallest absolute Gasteiger partial charge is 0.119 e. The maximum Gasteiger partial charge on any atom is 0.119 e. The summed E-state index contributed by atoms with van der Waals surface area (Å²) in [6, 6.07) is 7.32. The van der Waals surface area contributed by atoms with Crippen LogP contribution in [0.3, 0.4) is 0 Å². The number of likely N-dealkylation sites (N-methyl/N-ethyl adjacent to an activating group) is 1. The molecular formula is C12H19Cl2NO2. The van der Waals surface area contributed by atoms with Gasteiger partial charge in [0.05, 0.1) is 13.2 Å². The Morgan fingerprint density at radius 1 is 1.06 bits per heavy atom. The first kappa shape index (κ1) is 16.5. The molecule has 98 valence electrons. The average molecular weight is 280 g/mol. The van der Waals surface area contributed by atoms with Gasteiger partial charge in [-0.25, -0.2) is 0 Å². The third-order valence-corrected chi connectivity index (χ3v) is 2.24. The lowest BCUT2D eigenvalue weighted by molar-refractivity contribution is 0.0890. The molecule has 1 aromatic carbocycles. The number of ether oxygens (including phenoxy) is 2. The Morgan fingerprint density at radius 2 is 1.71 bits per heavy atom. The molecule has 0 aliphatic heterocycles. The van der Waals surface area contributed by atoms with Gasteiger partial charge in [0.15, 0.2) is 0 Å². The molecule has 0 radical (unpaired) electrons. The summed E-state index contributed by atoms with van der Waals surface area (Å²) in [5.74, 6) is 0.820. The van der Waals surface area contributed by atoms with Crippen LogP contribution in [-0.2, 0) is 4.74 Å². The zero-order valence-corrected chi connectivity index (χ0v) is 11.8. The molecule has 0 fully saturated rings. The highest BCUT2D eigenvalue weighted by Gasteiger charge is 1.94. The molecule has 3 nitrogen and oxygen atoms in total. The molecule has 0 atom stereocenters. The monoisotopic (exact) mass is 279 g/mol. The van der Waals surface area contributed by atoms with Crippen molar-refractivity contribution in [3.63, 3.8) is 0 Å². The van der Waals surface area contributed by atoms with Crippen LogP contribution in [0.1, 0.15) is 0 Å². The molecule has 0 spiro atoms. The first-order chi connectivity index (χ1) is 7.68. The number of hydrogen-bond acceptors (Lipinski definition) is 3. The number of hydrogen-bond donors (Lipinski definition) is 0. The van der Waals surface area contributed by atoms with Gasteiger partial charge in [-0.3, -0.25) is 0 Å². The molecule has 0 unspecified atom stereocenters. The molecule has 0 aromatic heterocycles. The SMILES string of the molecule is CN(C)CCOCCOc1ccc(Cl)cc1.Cl. The molecule has 0 bridgehead atoms. The summed E-state index contributed by atoms with van der Waals surface area (Å²) in [4.78, 5) is 2.08. The molecule has 0 saturated heterocycles. The summed E-state index contributed by atoms with van der Waals surface area (Å²) in [6.07, 6.45) is 0. The number of benzene rings is 1. The summed E-state index contributed by atoms with van der Waals surface area (Å²) >= 11 is 5.76. The Morgan fingerprint density at radius 3 is 2.29 bits per heavy atom. The van der Waals surface area contributed by atoms with E-state index in [0.717, 1.165) is 23.9 Å². The van der Waals surface area contributed by atoms with Gasteiger partial charge in [0, 0.05) is 11.6 Å². The molecule has 0 amide bonds. The quantitative estimate of drug-likeness (QED) is 0.717. The Balaban J connectivity index is 0.00000256. The minimum atomic E-state index is 0. The minimum Gasteiger partial charge on any atom is -0.491 e. The zero-order valence-electron chi connectivity index (χ0n) is 10.2. The number of rotatable bonds is 7. The largest absolute Gasteiger partial charge is 0.491 e. The molecule has 1 rings (SSSR count). The fourth-order valence-corrected chi connectivity index (χ4v) is 1.22. The van der Waals surface area contributed by atoms with Crippen LogP contribution >= 0.6 is 24.0 Å². The second-order valence-corrected chi connectivity index (χ2v) is 4.15. The van der Waals surface area contributed by atoms with Gasteiger partial charge in [0.2, 0.25) is 0 Å². The zero-order chi connectivity index (χ0) is 11.8. The summed E-state index contributed by atoms with van der Waals surface area (Å²) in [6.45, 7) is 2.84. The average Bonchev–Trinajstić information content (AvgIpc) is 2.25. The van der Waals surface area contributed by atoms with Crippen LogP contribution in [0.25, 0.3) is 0 Å². The molecule has 0 saturated carbocycles. The second kappa shape index (κ2) is 9.54. The van der Waals surface area contributed by atoms with Crippen molar-refractivity contribution in [1.82, 2.24) is 4.90 Å². The van der Waals surface area contributed by atoms with Gasteiger partial charge < -0.3 is 14.4 Å². The topological polar surface area (TPSA) is 21.7 Å². The van der Waals surface area contributed by atoms with Crippen LogP contribution in [0.5, 0.6) is 5.75 Å². The van der Waals surface area contributed by atoms with Crippen molar-refractivity contribution in [2.24, 2.45) is 0 Å². The summed E-state index contributed by atoms with van der Waals surface area (Å²) in [7, 11) is 4.04. The van der Waals surface area contributed by atoms with E-state index in [9.17, 15) is 0 Å². The fraction of sp³-hybridized carbons (Fsp3) is 0.500. The van der Waals surface area contributed by atoms with E-state index >= 15 is 0 Å². The van der Waals surface area contributed by atoms with Crippen molar-refractivity contribution in [2.75, 3.05) is 40.5 Å². The van der Waals surface area contributed by atoms with Crippen LogP contribution in [-0.4, -0.2) is 45.4 Å². The van der Waals surface area contributed by atoms with Crippen LogP contribution < -0.4 is 4.74 Å². The number of nitrogens with zero attached hydrogens (tertiary/aromatic N) is 1. The van der Waals surface area contributed by atoms with Gasteiger partial charge in [0.25, 0.3) is 0 Å². The fourth-order valence-electron chi connectivity index (χ4n) is 1.10. The van der Waals surface area contributed by atoms with E-state index < -0.39 is 0 Å². The molecule has 0 aliphatic carbocycles. The van der Waals surface area contributed by atoms with E-state index in [0.29, 0.717) is 13.2 Å². The third kappa shape index (κ3) is 8.27. The van der Waals surface area contributed by atoms with Gasteiger partial charge in [-0.05, 0) is 38.4 Å². The van der Waals surface area contributed by atoms with Crippen LogP contribution in [0.2, 0.25) is 5.02 Å². The first-order valence-electron chi connectivity index (χ1n) is 5.29. The summed E-state index contributed by atoms with van der Waals surface area (Å²) in [5, 5.41) is 0.717. The highest BCUT2D eigenvalue weighted by Crippen LogP contribution is 2.15. The molecule has 5 heteroatoms. The van der Waals surface area contributed by atoms with Crippen molar-refractivity contribution >= 4 is 24.0 Å². The van der Waals surface area contributed by atoms with Gasteiger partial charge in [-0.15, -0.1) is 12.4 Å². The van der Waals surface area contributed by atoms with E-state index in [4.69, 9.17) is 21.1 Å². The molecule has 0 N–H and O–H groups in total. The Labute approximate surface area is 114 Å². The Hall–Kier alpha value is -0.480. The maximum atomic E-state index is 5.76. The third-order valence-electron chi connectivity index (χ3n) is 1.99. The second-order valence-electron chi connectivity index (χ2n) is 3.72. The van der Waals surface area contributed by atoms with Gasteiger partial charge in [-0.1, -0.05) is 11.6 Å². The summed E-state index contributed by atoms with van der Waals surface area (Å²) < 4.78 is 10.9. The Kier molecular flexibility index (Phi) is 9.27. The van der Waals surface area contributed by atoms with E-state index in [1.54, 1.807) is 0 Å². The van der Waals surface area contributed by atoms with Crippen LogP contribution in [0.15, 0.2) is 24.3 Å². The minimum absolute atomic E-state index is 0. The lowest BCUT2D eigenvalue weighted by Crippen LogP contribution is -2.19. The highest BCUT2D eigenvalue weighted by atomic mass is 35.5. The van der Waals surface area contributed by atoms with Crippen molar-refractivity contribution in [1.29, 1.82) is 0 Å². The Bertz CT molecular complexity index is 291. The molecule has 0 heterocycles. The van der Waals surface area contributed by atoms with Crippen molar-refractivity contribution < 1.29 is 9.47 Å². The van der Waals surface area contributed by atoms with Gasteiger partial charge in [-0.2, -0.15) is 0 Å². The van der Waals surface area contributed by atoms with E-state index in [1.165, 1.54) is 0 Å². The maximum absolute atomic E-state index is 5.76. The molecular weight excluding hydrogens is 261 g/mol. The van der Waals surface area contributed by atoms with Crippen molar-refractivity contribution in [3.8, 4) is 5.75 Å². The van der Waals surface area contributed by atoms with E-state index in [1.807, 2.05) is 38.4 Å². The van der Waals surface area contributed by atoms with Gasteiger partial charge >= 0.3 is 0 Å². The van der Waals surface area contributed by atoms with Crippen LogP contribution in [0.4, 0.5) is 0 Å². The normalized spacial score (nSPS) is 10.1. The molecule has 1 aromatic rings. The predicted molar refractivity (Wildman–Crippen MR) is 73.6 cm³/mol. The first-order valence-corrected chi connectivity index (χ1v) is 5.67. The van der Waals surface area contributed by atoms with E-state index in [2.05, 4.69) is 4.90 Å². The lowest BCUT2D eigenvalue weighted by atomic mass is 10.3. The molecule has 17 heavy (non-hydrogen) atoms. The lowest BCUT2D eigenvalue weighted by Gasteiger charge is -2.10. The van der Waals surface area contributed by atoms with E-state index in [-0.39, 0.29) is 12.4 Å². The van der Waals surface area contributed by atoms with Crippen molar-refractivity contribution in [2.45, 2.75) is 0 Å². The van der Waals surface area contributed by atoms with Crippen LogP contribution in [0, 0.1) is 0 Å². The van der Waals surface area contributed by atoms with Gasteiger partial charge in [0.1, 0.15) is 12.4 Å². The number of halogens is 2. The molecule has 0 aliphatic rings. The standard InChI is InChI=1S/C12H18ClNO2.ClH/c1-14(2)7-8-15-9-10-16-12-5-3-11(13)4-6-12;/h3-6H,7-10H2,1-2H3;1H. The predicted octanol–water partition coefficient (Wildman–Crippen LogP) is 2.72. The van der Waals surface area contributed by atoms with Crippen molar-refractivity contribution in [3.05, 3.63) is 29.3 Å².